The summed E-state index contributed by atoms with van der Waals surface area (Å²) in [5.41, 5.74) is 2.79. The molecule has 0 unspecified atom stereocenters. The van der Waals surface area contributed by atoms with E-state index in [-0.39, 0.29) is 10.9 Å². The van der Waals surface area contributed by atoms with Gasteiger partial charge in [-0.3, -0.25) is 4.79 Å². The Bertz CT molecular complexity index is 621. The Balaban J connectivity index is 2.07. The zero-order chi connectivity index (χ0) is 14.5. The molecule has 0 bridgehead atoms. The fraction of sp³-hybridized carbons (Fsp3) is 0.133. The van der Waals surface area contributed by atoms with Crippen LogP contribution in [-0.2, 0) is 4.79 Å². The van der Waals surface area contributed by atoms with Crippen LogP contribution in [0.5, 0.6) is 0 Å². The molecule has 5 heteroatoms. The molecule has 2 aromatic rings. The van der Waals surface area contributed by atoms with Crippen molar-refractivity contribution in [1.82, 2.24) is 4.98 Å². The first-order valence-electron chi connectivity index (χ1n) is 6.17. The number of para-hydroxylation sites is 1. The Labute approximate surface area is 123 Å². The fourth-order valence-electron chi connectivity index (χ4n) is 1.79. The van der Waals surface area contributed by atoms with Gasteiger partial charge in [-0.2, -0.15) is 0 Å². The number of nitrogens with one attached hydrogen (secondary N) is 2. The third-order valence-corrected chi connectivity index (χ3v) is 3.12. The minimum Gasteiger partial charge on any atom is -0.327 e. The summed E-state index contributed by atoms with van der Waals surface area (Å²) in [6.45, 7) is 3.88. The van der Waals surface area contributed by atoms with Gasteiger partial charge >= 0.3 is 0 Å². The Morgan fingerprint density at radius 1 is 1.05 bits per heavy atom. The highest BCUT2D eigenvalue weighted by atomic mass is 32.1. The second-order valence-corrected chi connectivity index (χ2v) is 4.80. The molecule has 1 heterocycles. The van der Waals surface area contributed by atoms with Crippen LogP contribution in [0, 0.1) is 13.8 Å². The van der Waals surface area contributed by atoms with E-state index in [9.17, 15) is 4.79 Å². The van der Waals surface area contributed by atoms with E-state index >= 15 is 0 Å². The summed E-state index contributed by atoms with van der Waals surface area (Å²) in [7, 11) is 0. The van der Waals surface area contributed by atoms with Crippen molar-refractivity contribution in [3.05, 3.63) is 53.7 Å². The molecule has 2 N–H and O–H groups in total. The minimum atomic E-state index is -0.344. The van der Waals surface area contributed by atoms with Crippen molar-refractivity contribution in [3.63, 3.8) is 0 Å². The molecule has 0 radical (unpaired) electrons. The lowest BCUT2D eigenvalue weighted by molar-refractivity contribution is -0.110. The molecule has 0 aliphatic carbocycles. The van der Waals surface area contributed by atoms with Gasteiger partial charge in [0.15, 0.2) is 4.99 Å². The van der Waals surface area contributed by atoms with E-state index in [2.05, 4.69) is 15.6 Å². The average Bonchev–Trinajstić information content (AvgIpc) is 2.44. The monoisotopic (exact) mass is 285 g/mol. The Hall–Kier alpha value is -2.27. The zero-order valence-electron chi connectivity index (χ0n) is 11.3. The van der Waals surface area contributed by atoms with Gasteiger partial charge in [0, 0.05) is 11.9 Å². The van der Waals surface area contributed by atoms with Crippen molar-refractivity contribution in [2.75, 3.05) is 10.6 Å². The number of hydrogen-bond acceptors (Lipinski definition) is 3. The topological polar surface area (TPSA) is 54.0 Å². The number of carbonyl (C=O) groups excluding carboxylic acids is 1. The van der Waals surface area contributed by atoms with Crippen LogP contribution >= 0.6 is 12.2 Å². The fourth-order valence-corrected chi connectivity index (χ4v) is 1.95. The van der Waals surface area contributed by atoms with Crippen molar-refractivity contribution < 1.29 is 4.79 Å². The van der Waals surface area contributed by atoms with Crippen LogP contribution in [-0.4, -0.2) is 15.9 Å². The molecule has 1 amide bonds. The average molecular weight is 285 g/mol. The van der Waals surface area contributed by atoms with E-state index in [0.29, 0.717) is 5.82 Å². The van der Waals surface area contributed by atoms with Crippen molar-refractivity contribution >= 4 is 34.6 Å². The third-order valence-electron chi connectivity index (χ3n) is 2.83. The summed E-state index contributed by atoms with van der Waals surface area (Å²) in [5, 5.41) is 5.64. The first-order chi connectivity index (χ1) is 9.58. The molecule has 1 aromatic heterocycles. The first kappa shape index (κ1) is 14.1. The van der Waals surface area contributed by atoms with Crippen molar-refractivity contribution in [1.29, 1.82) is 0 Å². The summed E-state index contributed by atoms with van der Waals surface area (Å²) in [4.78, 5) is 16.2. The van der Waals surface area contributed by atoms with Crippen molar-refractivity contribution in [2.45, 2.75) is 13.8 Å². The van der Waals surface area contributed by atoms with Crippen LogP contribution < -0.4 is 10.6 Å². The van der Waals surface area contributed by atoms with Crippen LogP contribution in [0.3, 0.4) is 0 Å². The highest BCUT2D eigenvalue weighted by molar-refractivity contribution is 7.82. The van der Waals surface area contributed by atoms with Gasteiger partial charge in [0.1, 0.15) is 5.82 Å². The summed E-state index contributed by atoms with van der Waals surface area (Å²) in [6.07, 6.45) is 1.63. The minimum absolute atomic E-state index is 0.0892. The molecule has 0 fully saturated rings. The van der Waals surface area contributed by atoms with Crippen LogP contribution in [0.4, 0.5) is 11.5 Å². The molecule has 4 nitrogen and oxygen atoms in total. The number of carbonyl (C=O) groups is 1. The quantitative estimate of drug-likeness (QED) is 0.833. The predicted molar refractivity (Wildman–Crippen MR) is 85.0 cm³/mol. The van der Waals surface area contributed by atoms with Crippen molar-refractivity contribution in [3.8, 4) is 0 Å². The lowest BCUT2D eigenvalue weighted by atomic mass is 10.1. The largest absolute Gasteiger partial charge is 0.327 e. The van der Waals surface area contributed by atoms with Crippen LogP contribution in [0.1, 0.15) is 11.1 Å². The van der Waals surface area contributed by atoms with E-state index in [0.717, 1.165) is 16.8 Å². The van der Waals surface area contributed by atoms with E-state index in [4.69, 9.17) is 12.2 Å². The van der Waals surface area contributed by atoms with Crippen LogP contribution in [0.15, 0.2) is 42.6 Å². The normalized spacial score (nSPS) is 9.90. The number of benzene rings is 1. The number of thiocarbonyl (C=S) groups is 1. The van der Waals surface area contributed by atoms with Gasteiger partial charge in [0.05, 0.1) is 0 Å². The SMILES string of the molecule is Cc1cccc(C)c1NC(=O)C(=S)Nc1ccccn1. The van der Waals surface area contributed by atoms with E-state index in [1.54, 1.807) is 18.3 Å². The number of nitrogens with zero attached hydrogens (tertiary/aromatic N) is 1. The highest BCUT2D eigenvalue weighted by Crippen LogP contribution is 2.19. The molecule has 0 aliphatic heterocycles. The number of pyridine rings is 1. The highest BCUT2D eigenvalue weighted by Gasteiger charge is 2.12. The molecule has 0 saturated heterocycles. The number of rotatable bonds is 2. The second-order valence-electron chi connectivity index (χ2n) is 4.39. The van der Waals surface area contributed by atoms with Crippen molar-refractivity contribution in [2.24, 2.45) is 0 Å². The van der Waals surface area contributed by atoms with E-state index in [1.165, 1.54) is 0 Å². The van der Waals surface area contributed by atoms with Gasteiger partial charge in [-0.05, 0) is 37.1 Å². The molecule has 0 saturated carbocycles. The van der Waals surface area contributed by atoms with Gasteiger partial charge in [0.25, 0.3) is 5.91 Å². The maximum Gasteiger partial charge on any atom is 0.283 e. The Morgan fingerprint density at radius 3 is 2.35 bits per heavy atom. The van der Waals surface area contributed by atoms with Crippen LogP contribution in [0.2, 0.25) is 0 Å². The van der Waals surface area contributed by atoms with E-state index < -0.39 is 0 Å². The molecule has 20 heavy (non-hydrogen) atoms. The predicted octanol–water partition coefficient (Wildman–Crippen LogP) is 3.08. The van der Waals surface area contributed by atoms with Gasteiger partial charge in [-0.15, -0.1) is 0 Å². The number of amides is 1. The van der Waals surface area contributed by atoms with E-state index in [1.807, 2.05) is 38.1 Å². The Morgan fingerprint density at radius 2 is 1.75 bits per heavy atom. The summed E-state index contributed by atoms with van der Waals surface area (Å²) < 4.78 is 0. The standard InChI is InChI=1S/C15H15N3OS/c1-10-6-5-7-11(2)13(10)18-14(19)15(20)17-12-8-3-4-9-16-12/h3-9H,1-2H3,(H,18,19)(H,16,17,20). The molecule has 1 aromatic carbocycles. The molecular weight excluding hydrogens is 270 g/mol. The summed E-state index contributed by atoms with van der Waals surface area (Å²) in [5.74, 6) is 0.206. The lowest BCUT2D eigenvalue weighted by Crippen LogP contribution is -2.28. The number of aromatic nitrogens is 1. The maximum absolute atomic E-state index is 12.1. The first-order valence-corrected chi connectivity index (χ1v) is 6.58. The molecule has 102 valence electrons. The number of hydrogen-bond donors (Lipinski definition) is 2. The third kappa shape index (κ3) is 3.39. The summed E-state index contributed by atoms with van der Waals surface area (Å²) >= 11 is 5.08. The smallest absolute Gasteiger partial charge is 0.283 e. The molecule has 0 aliphatic rings. The molecule has 0 spiro atoms. The van der Waals surface area contributed by atoms with Gasteiger partial charge < -0.3 is 10.6 Å². The molecule has 0 atom stereocenters. The van der Waals surface area contributed by atoms with Gasteiger partial charge in [-0.25, -0.2) is 4.98 Å². The van der Waals surface area contributed by atoms with Gasteiger partial charge in [0.2, 0.25) is 0 Å². The zero-order valence-corrected chi connectivity index (χ0v) is 12.1. The molecular formula is C15H15N3OS. The number of anilines is 2. The Kier molecular flexibility index (Phi) is 4.42. The van der Waals surface area contributed by atoms with Gasteiger partial charge in [-0.1, -0.05) is 36.5 Å². The number of aryl methyl sites for hydroxylation is 2. The van der Waals surface area contributed by atoms with Crippen LogP contribution in [0.25, 0.3) is 0 Å². The maximum atomic E-state index is 12.1. The summed E-state index contributed by atoms with van der Waals surface area (Å²) in [6, 6.07) is 11.2. The lowest BCUT2D eigenvalue weighted by Gasteiger charge is -2.12. The molecule has 2 rings (SSSR count). The second kappa shape index (κ2) is 6.25.